The van der Waals surface area contributed by atoms with Crippen LogP contribution in [-0.2, 0) is 14.3 Å². The van der Waals surface area contributed by atoms with E-state index in [9.17, 15) is 13.6 Å². The van der Waals surface area contributed by atoms with E-state index in [1.807, 2.05) is 4.90 Å². The van der Waals surface area contributed by atoms with E-state index >= 15 is 0 Å². The highest BCUT2D eigenvalue weighted by Crippen LogP contribution is 2.35. The lowest BCUT2D eigenvalue weighted by Gasteiger charge is -2.38. The van der Waals surface area contributed by atoms with Gasteiger partial charge in [-0.2, -0.15) is 0 Å². The highest BCUT2D eigenvalue weighted by molar-refractivity contribution is 6.31. The Kier molecular flexibility index (Phi) is 4.67. The second-order valence-electron chi connectivity index (χ2n) is 7.58. The van der Waals surface area contributed by atoms with Crippen molar-refractivity contribution in [2.24, 2.45) is 0 Å². The van der Waals surface area contributed by atoms with Gasteiger partial charge in [0.25, 0.3) is 5.91 Å². The maximum absolute atomic E-state index is 14.8. The molecule has 156 valence electrons. The molecule has 8 heteroatoms. The van der Waals surface area contributed by atoms with Gasteiger partial charge in [-0.05, 0) is 30.3 Å². The summed E-state index contributed by atoms with van der Waals surface area (Å²) in [7, 11) is 0. The van der Waals surface area contributed by atoms with Gasteiger partial charge >= 0.3 is 0 Å². The van der Waals surface area contributed by atoms with Gasteiger partial charge in [0.2, 0.25) is 0 Å². The van der Waals surface area contributed by atoms with Crippen LogP contribution in [0.3, 0.4) is 0 Å². The van der Waals surface area contributed by atoms with Gasteiger partial charge in [0.05, 0.1) is 30.2 Å². The van der Waals surface area contributed by atoms with Crippen molar-refractivity contribution in [2.45, 2.75) is 18.6 Å². The standard InChI is InChI=1S/C22H21F2N3O3/c23-16-2-1-3-18-20(16)15(21(28)26-18)13-25-14-4-5-19(17(24)12-14)27-8-6-22(7-9-27)29-10-11-30-22/h1-5,12-13,25H,6-11H2,(H,26,28)/b15-13+. The first kappa shape index (κ1) is 19.0. The summed E-state index contributed by atoms with van der Waals surface area (Å²) >= 11 is 0. The molecule has 1 amide bonds. The summed E-state index contributed by atoms with van der Waals surface area (Å²) in [6.07, 6.45) is 2.79. The van der Waals surface area contributed by atoms with E-state index < -0.39 is 17.5 Å². The number of halogens is 2. The van der Waals surface area contributed by atoms with Crippen molar-refractivity contribution in [3.63, 3.8) is 0 Å². The lowest BCUT2D eigenvalue weighted by molar-refractivity contribution is -0.169. The minimum Gasteiger partial charge on any atom is -0.369 e. The normalized spacial score (nSPS) is 21.2. The van der Waals surface area contributed by atoms with Crippen LogP contribution in [-0.4, -0.2) is 38.0 Å². The molecule has 0 saturated carbocycles. The van der Waals surface area contributed by atoms with Crippen LogP contribution < -0.4 is 15.5 Å². The largest absolute Gasteiger partial charge is 0.369 e. The quantitative estimate of drug-likeness (QED) is 0.752. The fourth-order valence-corrected chi connectivity index (χ4v) is 4.23. The number of carbonyl (C=O) groups is 1. The van der Waals surface area contributed by atoms with Crippen molar-refractivity contribution in [3.05, 3.63) is 59.8 Å². The Balaban J connectivity index is 1.30. The molecule has 0 aromatic heterocycles. The molecule has 3 heterocycles. The fraction of sp³-hybridized carbons (Fsp3) is 0.318. The Morgan fingerprint density at radius 1 is 1.07 bits per heavy atom. The second-order valence-corrected chi connectivity index (χ2v) is 7.58. The minimum atomic E-state index is -0.506. The van der Waals surface area contributed by atoms with Gasteiger partial charge in [-0.1, -0.05) is 6.07 Å². The summed E-state index contributed by atoms with van der Waals surface area (Å²) in [6, 6.07) is 9.27. The van der Waals surface area contributed by atoms with E-state index in [1.54, 1.807) is 18.2 Å². The number of fused-ring (bicyclic) bond motifs is 1. The van der Waals surface area contributed by atoms with Crippen LogP contribution in [0.5, 0.6) is 0 Å². The first-order valence-electron chi connectivity index (χ1n) is 9.94. The molecule has 2 aromatic carbocycles. The molecular weight excluding hydrogens is 392 g/mol. The molecule has 2 fully saturated rings. The number of benzene rings is 2. The van der Waals surface area contributed by atoms with Gasteiger partial charge in [0, 0.05) is 43.4 Å². The number of hydrogen-bond donors (Lipinski definition) is 2. The number of carbonyl (C=O) groups excluding carboxylic acids is 1. The molecule has 0 unspecified atom stereocenters. The number of anilines is 3. The number of ether oxygens (including phenoxy) is 2. The predicted molar refractivity (Wildman–Crippen MR) is 109 cm³/mol. The second kappa shape index (κ2) is 7.37. The summed E-state index contributed by atoms with van der Waals surface area (Å²) in [6.45, 7) is 2.50. The number of nitrogens with one attached hydrogen (secondary N) is 2. The number of rotatable bonds is 3. The Morgan fingerprint density at radius 2 is 1.83 bits per heavy atom. The summed E-state index contributed by atoms with van der Waals surface area (Å²) in [5.74, 6) is -1.77. The van der Waals surface area contributed by atoms with Crippen LogP contribution in [0.1, 0.15) is 18.4 Å². The van der Waals surface area contributed by atoms with Crippen molar-refractivity contribution in [1.29, 1.82) is 0 Å². The summed E-state index contributed by atoms with van der Waals surface area (Å²) < 4.78 is 40.3. The monoisotopic (exact) mass is 413 g/mol. The van der Waals surface area contributed by atoms with Crippen molar-refractivity contribution < 1.29 is 23.0 Å². The van der Waals surface area contributed by atoms with Crippen molar-refractivity contribution in [3.8, 4) is 0 Å². The predicted octanol–water partition coefficient (Wildman–Crippen LogP) is 3.71. The molecule has 5 rings (SSSR count). The Labute approximate surface area is 172 Å². The molecule has 0 radical (unpaired) electrons. The van der Waals surface area contributed by atoms with Crippen LogP contribution in [0.2, 0.25) is 0 Å². The highest BCUT2D eigenvalue weighted by atomic mass is 19.1. The zero-order valence-electron chi connectivity index (χ0n) is 16.2. The van der Waals surface area contributed by atoms with Crippen LogP contribution in [0.25, 0.3) is 5.57 Å². The Morgan fingerprint density at radius 3 is 2.57 bits per heavy atom. The zero-order valence-corrected chi connectivity index (χ0v) is 16.2. The molecule has 3 aliphatic rings. The van der Waals surface area contributed by atoms with Crippen LogP contribution >= 0.6 is 0 Å². The number of nitrogens with zero attached hydrogens (tertiary/aromatic N) is 1. The maximum Gasteiger partial charge on any atom is 0.257 e. The average molecular weight is 413 g/mol. The molecule has 2 N–H and O–H groups in total. The molecule has 0 bridgehead atoms. The van der Waals surface area contributed by atoms with E-state index in [0.29, 0.717) is 56.2 Å². The molecule has 30 heavy (non-hydrogen) atoms. The third kappa shape index (κ3) is 3.32. The molecule has 6 nitrogen and oxygen atoms in total. The minimum absolute atomic E-state index is 0.172. The lowest BCUT2D eigenvalue weighted by atomic mass is 10.0. The Hall–Kier alpha value is -2.97. The number of hydrogen-bond acceptors (Lipinski definition) is 5. The van der Waals surface area contributed by atoms with Gasteiger partial charge in [-0.15, -0.1) is 0 Å². The topological polar surface area (TPSA) is 62.8 Å². The van der Waals surface area contributed by atoms with E-state index in [1.165, 1.54) is 24.4 Å². The van der Waals surface area contributed by atoms with E-state index in [2.05, 4.69) is 10.6 Å². The highest BCUT2D eigenvalue weighted by Gasteiger charge is 2.40. The van der Waals surface area contributed by atoms with Gasteiger partial charge in [0.1, 0.15) is 11.6 Å². The van der Waals surface area contributed by atoms with Gasteiger partial charge in [0.15, 0.2) is 5.79 Å². The smallest absolute Gasteiger partial charge is 0.257 e. The van der Waals surface area contributed by atoms with Gasteiger partial charge in [-0.25, -0.2) is 8.78 Å². The Bertz CT molecular complexity index is 1020. The molecule has 2 saturated heterocycles. The van der Waals surface area contributed by atoms with Gasteiger partial charge in [-0.3, -0.25) is 4.79 Å². The van der Waals surface area contributed by atoms with E-state index in [0.717, 1.165) is 0 Å². The van der Waals surface area contributed by atoms with Crippen LogP contribution in [0.15, 0.2) is 42.6 Å². The van der Waals surface area contributed by atoms with Crippen molar-refractivity contribution >= 4 is 28.5 Å². The van der Waals surface area contributed by atoms with Crippen molar-refractivity contribution in [2.75, 3.05) is 41.8 Å². The van der Waals surface area contributed by atoms with Crippen molar-refractivity contribution in [1.82, 2.24) is 0 Å². The molecule has 0 aliphatic carbocycles. The molecule has 3 aliphatic heterocycles. The van der Waals surface area contributed by atoms with E-state index in [-0.39, 0.29) is 17.0 Å². The summed E-state index contributed by atoms with van der Waals surface area (Å²) in [5.41, 5.74) is 1.79. The number of amides is 1. The summed E-state index contributed by atoms with van der Waals surface area (Å²) in [4.78, 5) is 14.1. The summed E-state index contributed by atoms with van der Waals surface area (Å²) in [5, 5.41) is 5.53. The fourth-order valence-electron chi connectivity index (χ4n) is 4.23. The molecule has 0 atom stereocenters. The zero-order chi connectivity index (χ0) is 20.7. The van der Waals surface area contributed by atoms with E-state index in [4.69, 9.17) is 9.47 Å². The average Bonchev–Trinajstić information content (AvgIpc) is 3.32. The van der Waals surface area contributed by atoms with Gasteiger partial charge < -0.3 is 25.0 Å². The maximum atomic E-state index is 14.8. The first-order chi connectivity index (χ1) is 14.5. The molecule has 1 spiro atoms. The SMILES string of the molecule is O=C1Nc2cccc(F)c2/C1=C\Nc1ccc(N2CCC3(CC2)OCCO3)c(F)c1. The third-order valence-corrected chi connectivity index (χ3v) is 5.79. The number of piperidine rings is 1. The van der Waals surface area contributed by atoms with Crippen LogP contribution in [0, 0.1) is 11.6 Å². The lowest BCUT2D eigenvalue weighted by Crippen LogP contribution is -2.45. The first-order valence-corrected chi connectivity index (χ1v) is 9.94. The molecular formula is C22H21F2N3O3. The third-order valence-electron chi connectivity index (χ3n) is 5.79. The molecule has 2 aromatic rings. The van der Waals surface area contributed by atoms with Crippen LogP contribution in [0.4, 0.5) is 25.8 Å².